The number of carbonyl (C=O) groups excluding carboxylic acids is 8. The van der Waals surface area contributed by atoms with Gasteiger partial charge in [-0.15, -0.1) is 0 Å². The van der Waals surface area contributed by atoms with Crippen molar-refractivity contribution in [2.24, 2.45) is 23.2 Å². The Balaban J connectivity index is 0.000000596. The first-order chi connectivity index (χ1) is 55.7. The van der Waals surface area contributed by atoms with E-state index in [4.69, 9.17) is 56.8 Å². The third-order valence-corrected chi connectivity index (χ3v) is 18.5. The van der Waals surface area contributed by atoms with Crippen LogP contribution >= 0.6 is 0 Å². The first kappa shape index (κ1) is 102. The average Bonchev–Trinajstić information content (AvgIpc) is 0.834. The first-order valence-corrected chi connectivity index (χ1v) is 38.0. The maximum absolute atomic E-state index is 13.3. The second-order valence-corrected chi connectivity index (χ2v) is 27.1. The monoisotopic (exact) mass is 1650 g/mol. The summed E-state index contributed by atoms with van der Waals surface area (Å²) >= 11 is 0. The molecule has 20 heteroatoms. The van der Waals surface area contributed by atoms with Crippen LogP contribution in [0.1, 0.15) is 162 Å². The molecule has 0 aliphatic rings. The highest BCUT2D eigenvalue weighted by Gasteiger charge is 2.37. The summed E-state index contributed by atoms with van der Waals surface area (Å²) in [6.45, 7) is 10.2. The molecule has 0 aliphatic carbocycles. The van der Waals surface area contributed by atoms with Crippen LogP contribution in [0.3, 0.4) is 0 Å². The lowest BCUT2D eigenvalue weighted by molar-refractivity contribution is -0.153. The fraction of sp³-hybridized carbons (Fsp3) is 0.287. The molecule has 0 aliphatic heterocycles. The second-order valence-electron chi connectivity index (χ2n) is 27.1. The number of hydrogen-bond donors (Lipinski definition) is 0. The zero-order valence-corrected chi connectivity index (χ0v) is 65.4. The van der Waals surface area contributed by atoms with Gasteiger partial charge in [0.05, 0.1) is 74.9 Å². The van der Waals surface area contributed by atoms with E-state index in [1.54, 1.807) is 193 Å². The van der Waals surface area contributed by atoms with Crippen LogP contribution in [0.15, 0.2) is 267 Å². The molecular weight excluding hydrogens is 1530 g/mol. The number of unbranched alkanes of at least 4 members (excludes halogenated alkanes) is 2. The molecule has 0 aromatic heterocycles. The summed E-state index contributed by atoms with van der Waals surface area (Å²) in [6, 6.07) is 75.0. The average molecular weight is 1650 g/mol. The lowest BCUT2D eigenvalue weighted by atomic mass is 9.79. The van der Waals surface area contributed by atoms with Gasteiger partial charge in [-0.3, -0.25) is 19.2 Å². The number of benzene rings is 10. The number of ether oxygens (including phenoxy) is 12. The van der Waals surface area contributed by atoms with Crippen molar-refractivity contribution in [1.29, 1.82) is 0 Å². The molecule has 4 unspecified atom stereocenters. The molecule has 0 fully saturated rings. The van der Waals surface area contributed by atoms with Gasteiger partial charge in [-0.2, -0.15) is 0 Å². The molecular formula is C101H118O20. The molecule has 0 N–H and O–H groups in total. The van der Waals surface area contributed by atoms with Gasteiger partial charge in [-0.25, -0.2) is 19.2 Å². The van der Waals surface area contributed by atoms with E-state index in [2.05, 4.69) is 0 Å². The van der Waals surface area contributed by atoms with E-state index < -0.39 is 65.0 Å². The number of hydrogen-bond acceptors (Lipinski definition) is 20. The van der Waals surface area contributed by atoms with Crippen LogP contribution in [0.4, 0.5) is 0 Å². The highest BCUT2D eigenvalue weighted by atomic mass is 16.6. The van der Waals surface area contributed by atoms with Crippen molar-refractivity contribution >= 4 is 59.9 Å². The summed E-state index contributed by atoms with van der Waals surface area (Å²) in [5.41, 5.74) is 5.94. The van der Waals surface area contributed by atoms with Crippen molar-refractivity contribution < 1.29 is 95.2 Å². The van der Waals surface area contributed by atoms with Gasteiger partial charge in [0.1, 0.15) is 57.5 Å². The van der Waals surface area contributed by atoms with Crippen molar-refractivity contribution in [3.8, 4) is 79.7 Å². The van der Waals surface area contributed by atoms with E-state index in [9.17, 15) is 38.4 Å². The molecule has 0 radical (unpaired) electrons. The molecule has 121 heavy (non-hydrogen) atoms. The Morgan fingerprint density at radius 1 is 0.339 bits per heavy atom. The largest absolute Gasteiger partial charge is 0.497 e. The Morgan fingerprint density at radius 3 is 1.01 bits per heavy atom. The minimum Gasteiger partial charge on any atom is -0.497 e. The van der Waals surface area contributed by atoms with Gasteiger partial charge < -0.3 is 56.8 Å². The molecule has 0 amide bonds. The Labute approximate surface area is 714 Å². The van der Waals surface area contributed by atoms with E-state index in [-0.39, 0.29) is 76.6 Å². The Kier molecular flexibility index (Phi) is 44.7. The minimum absolute atomic E-state index is 0. The molecule has 642 valence electrons. The predicted molar refractivity (Wildman–Crippen MR) is 478 cm³/mol. The number of methoxy groups -OCH3 is 2. The first-order valence-electron chi connectivity index (χ1n) is 38.0. The van der Waals surface area contributed by atoms with Crippen LogP contribution in [0, 0.1) is 23.2 Å². The van der Waals surface area contributed by atoms with Crippen molar-refractivity contribution in [2.75, 3.05) is 40.6 Å². The van der Waals surface area contributed by atoms with Gasteiger partial charge in [0.25, 0.3) is 0 Å². The molecule has 10 rings (SSSR count). The number of rotatable bonds is 38. The topological polar surface area (TPSA) is 247 Å². The number of esters is 8. The molecule has 0 heterocycles. The highest BCUT2D eigenvalue weighted by Crippen LogP contribution is 2.34. The van der Waals surface area contributed by atoms with Crippen LogP contribution < -0.4 is 47.4 Å². The molecule has 20 nitrogen and oxygen atoms in total. The fourth-order valence-corrected chi connectivity index (χ4v) is 11.5. The molecule has 10 aromatic rings. The standard InChI is InChI=1S/C48H48O10.C47H46O10.6CH4/c1-5-48(3,47(52)58-43-28-26-41(27-29-43)56-44(49)30-15-35-13-16-37(17-14-35)36-11-7-6-8-12-36)33-34(2)45(50)55-32-10-9-31-54-40-20-18-38(19-21-40)46(51)57-42-24-22-39(53-4)23-25-42;1-4-35(46(50)56-43-27-25-41(26-28-43)55-44(48)29-14-34-12-15-37(16-13-34)36-10-6-5-7-11-36)32-33(2)45(49)54-31-9-8-30-53-40-19-17-38(18-20-40)47(51)57-42-23-21-39(52-3)22-24-42;;;;;;/h6-8,11-30,34H,5,9-10,31-33H2,1-4H3;5-7,10-29,33,35H,4,8-9,30-32H2,1-3H3;6*1H4/b30-15+;29-14+;;;;;;. The molecule has 10 aromatic carbocycles. The lowest BCUT2D eigenvalue weighted by Crippen LogP contribution is -2.35. The van der Waals surface area contributed by atoms with Gasteiger partial charge in [-0.05, 0) is 249 Å². The molecule has 4 atom stereocenters. The van der Waals surface area contributed by atoms with Crippen LogP contribution in [-0.4, -0.2) is 88.4 Å². The summed E-state index contributed by atoms with van der Waals surface area (Å²) in [5.74, 6) is -0.768. The summed E-state index contributed by atoms with van der Waals surface area (Å²) in [4.78, 5) is 102. The van der Waals surface area contributed by atoms with Gasteiger partial charge in [0.2, 0.25) is 0 Å². The number of carbonyl (C=O) groups is 8. The maximum Gasteiger partial charge on any atom is 0.343 e. The normalized spacial score (nSPS) is 11.6. The van der Waals surface area contributed by atoms with Crippen LogP contribution in [0.5, 0.6) is 57.5 Å². The van der Waals surface area contributed by atoms with Crippen LogP contribution in [-0.2, 0) is 38.2 Å². The van der Waals surface area contributed by atoms with Gasteiger partial charge in [0.15, 0.2) is 0 Å². The molecule has 0 spiro atoms. The van der Waals surface area contributed by atoms with Gasteiger partial charge in [-0.1, -0.05) is 181 Å². The van der Waals surface area contributed by atoms with Crippen molar-refractivity contribution in [3.63, 3.8) is 0 Å². The third kappa shape index (κ3) is 33.5. The van der Waals surface area contributed by atoms with E-state index in [0.717, 1.165) is 33.4 Å². The van der Waals surface area contributed by atoms with Gasteiger partial charge in [0, 0.05) is 12.2 Å². The highest BCUT2D eigenvalue weighted by molar-refractivity contribution is 5.93. The Bertz CT molecular complexity index is 4820. The summed E-state index contributed by atoms with van der Waals surface area (Å²) < 4.78 is 65.6. The maximum atomic E-state index is 13.3. The predicted octanol–water partition coefficient (Wildman–Crippen LogP) is 23.3. The summed E-state index contributed by atoms with van der Waals surface area (Å²) in [6.07, 6.45) is 9.98. The SMILES string of the molecule is C.C.C.C.C.C.CCC(C)(CC(C)C(=O)OCCCCOc1ccc(C(=O)Oc2ccc(OC)cc2)cc1)C(=O)Oc1ccc(OC(=O)/C=C/c2ccc(-c3ccccc3)cc2)cc1.CCC(CC(C)C(=O)OCCCCOc1ccc(C(=O)Oc2ccc(OC)cc2)cc1)C(=O)Oc1ccc(OC(=O)/C=C/c2ccc(-c3ccccc3)cc2)cc1. The van der Waals surface area contributed by atoms with Crippen molar-refractivity contribution in [2.45, 2.75) is 131 Å². The fourth-order valence-electron chi connectivity index (χ4n) is 11.5. The zero-order valence-electron chi connectivity index (χ0n) is 65.4. The smallest absolute Gasteiger partial charge is 0.343 e. The van der Waals surface area contributed by atoms with E-state index in [1.807, 2.05) is 123 Å². The molecule has 0 saturated carbocycles. The van der Waals surface area contributed by atoms with Crippen LogP contribution in [0.2, 0.25) is 0 Å². The quantitative estimate of drug-likeness (QED) is 0.0151. The van der Waals surface area contributed by atoms with E-state index in [0.29, 0.717) is 120 Å². The van der Waals surface area contributed by atoms with E-state index in [1.165, 1.54) is 12.2 Å². The van der Waals surface area contributed by atoms with Crippen molar-refractivity contribution in [3.05, 3.63) is 289 Å². The minimum atomic E-state index is -0.941. The Hall–Kier alpha value is -13.4. The Morgan fingerprint density at radius 2 is 0.653 bits per heavy atom. The summed E-state index contributed by atoms with van der Waals surface area (Å²) in [5, 5.41) is 0. The molecule has 0 saturated heterocycles. The zero-order chi connectivity index (χ0) is 81.7. The van der Waals surface area contributed by atoms with Crippen molar-refractivity contribution in [1.82, 2.24) is 0 Å². The lowest BCUT2D eigenvalue weighted by Gasteiger charge is -2.28. The third-order valence-electron chi connectivity index (χ3n) is 18.5. The summed E-state index contributed by atoms with van der Waals surface area (Å²) in [7, 11) is 3.13. The second kappa shape index (κ2) is 53.1. The van der Waals surface area contributed by atoms with Crippen LogP contribution in [0.25, 0.3) is 34.4 Å². The van der Waals surface area contributed by atoms with E-state index >= 15 is 0 Å². The molecule has 0 bridgehead atoms. The van der Waals surface area contributed by atoms with Gasteiger partial charge >= 0.3 is 47.8 Å².